The average Bonchev–Trinajstić information content (AvgIpc) is 3.26. The fourth-order valence-corrected chi connectivity index (χ4v) is 11.2. The molecule has 0 aromatic rings. The summed E-state index contributed by atoms with van der Waals surface area (Å²) >= 11 is 1.66. The third kappa shape index (κ3) is 47.0. The average molecular weight is 1060 g/mol. The predicted molar refractivity (Wildman–Crippen MR) is 259 cm³/mol. The maximum absolute atomic E-state index is 12.6. The molecule has 0 fully saturated rings. The number of hydrogen-bond donors (Lipinski definition) is 0. The zero-order valence-corrected chi connectivity index (χ0v) is 44.4. The van der Waals surface area contributed by atoms with Crippen molar-refractivity contribution in [1.29, 1.82) is 0 Å². The molecule has 13 heteroatoms. The summed E-state index contributed by atoms with van der Waals surface area (Å²) in [4.78, 5) is 54.1. The van der Waals surface area contributed by atoms with Gasteiger partial charge in [0.1, 0.15) is 0 Å². The van der Waals surface area contributed by atoms with Gasteiger partial charge in [0.25, 0.3) is 0 Å². The van der Waals surface area contributed by atoms with Crippen LogP contribution in [0.2, 0.25) is 31.9 Å². The molecule has 0 saturated heterocycles. The number of allylic oxidation sites excluding steroid dienone is 6. The Morgan fingerprint density at radius 3 is 1.31 bits per heavy atom. The van der Waals surface area contributed by atoms with E-state index in [1.54, 1.807) is 0 Å². The molecule has 0 aromatic carbocycles. The zero-order valence-electron chi connectivity index (χ0n) is 39.2. The summed E-state index contributed by atoms with van der Waals surface area (Å²) in [7, 11) is 2.15. The second-order valence-electron chi connectivity index (χ2n) is 15.2. The molecule has 0 rings (SSSR count). The molecule has 0 unspecified atom stereocenters. The fraction of sp³-hybridized carbons (Fsp3) is 0.812. The van der Waals surface area contributed by atoms with Crippen molar-refractivity contribution in [3.63, 3.8) is 0 Å². The summed E-state index contributed by atoms with van der Waals surface area (Å²) in [5.41, 5.74) is 0. The quantitative estimate of drug-likeness (QED) is 0.0112. The molecule has 10 nitrogen and oxygen atoms in total. The van der Waals surface area contributed by atoms with Crippen LogP contribution in [0.15, 0.2) is 36.5 Å². The number of carbonyl (C=O) groups is 3. The molecular formula is C48H89N3O7Se3. The monoisotopic (exact) mass is 1060 g/mol. The molecule has 0 aliphatic rings. The minimum atomic E-state index is -0.140. The van der Waals surface area contributed by atoms with Gasteiger partial charge in [-0.3, -0.25) is 0 Å². The summed E-state index contributed by atoms with van der Waals surface area (Å²) in [6.07, 6.45) is 32.1. The molecule has 356 valence electrons. The molecule has 0 atom stereocenters. The van der Waals surface area contributed by atoms with Crippen LogP contribution in [0.4, 0.5) is 0 Å². The van der Waals surface area contributed by atoms with Gasteiger partial charge < -0.3 is 0 Å². The van der Waals surface area contributed by atoms with E-state index in [-0.39, 0.29) is 11.9 Å². The predicted octanol–water partition coefficient (Wildman–Crippen LogP) is 9.74. The van der Waals surface area contributed by atoms with E-state index in [1.807, 2.05) is 0 Å². The van der Waals surface area contributed by atoms with Crippen LogP contribution in [0.1, 0.15) is 130 Å². The summed E-state index contributed by atoms with van der Waals surface area (Å²) in [5.74, 6) is -0.257. The SMILES string of the molecule is CC/C=C\CCCC[Se]CCOOCCN(CCCN(C)CCCN(CCC=O)CCC(=O)OCC[Se]CCCC/C=C\CC)CCC(=O)OCC[Se]CCCC/C=C\CC. The van der Waals surface area contributed by atoms with Crippen molar-refractivity contribution in [2.24, 2.45) is 0 Å². The van der Waals surface area contributed by atoms with Gasteiger partial charge in [-0.2, -0.15) is 0 Å². The van der Waals surface area contributed by atoms with Crippen LogP contribution in [-0.4, -0.2) is 164 Å². The van der Waals surface area contributed by atoms with E-state index in [4.69, 9.17) is 19.2 Å². The number of rotatable bonds is 48. The van der Waals surface area contributed by atoms with Crippen molar-refractivity contribution in [2.45, 2.75) is 162 Å². The number of carbonyl (C=O) groups excluding carboxylic acids is 3. The molecular weight excluding hydrogens is 967 g/mol. The first-order chi connectivity index (χ1) is 30.0. The van der Waals surface area contributed by atoms with Crippen molar-refractivity contribution >= 4 is 63.1 Å². The first-order valence-corrected chi connectivity index (χ1v) is 31.0. The van der Waals surface area contributed by atoms with Crippen molar-refractivity contribution < 1.29 is 33.6 Å². The summed E-state index contributed by atoms with van der Waals surface area (Å²) in [6.45, 7) is 14.9. The first kappa shape index (κ1) is 60.2. The van der Waals surface area contributed by atoms with E-state index < -0.39 is 0 Å². The van der Waals surface area contributed by atoms with E-state index in [2.05, 4.69) is 79.0 Å². The van der Waals surface area contributed by atoms with Gasteiger partial charge in [0.15, 0.2) is 0 Å². The van der Waals surface area contributed by atoms with Crippen molar-refractivity contribution in [3.05, 3.63) is 36.5 Å². The number of unbranched alkanes of at least 4 members (excludes halogenated alkanes) is 6. The maximum atomic E-state index is 12.6. The van der Waals surface area contributed by atoms with Gasteiger partial charge in [0.05, 0.1) is 0 Å². The second-order valence-corrected chi connectivity index (χ2v) is 22.9. The van der Waals surface area contributed by atoms with Gasteiger partial charge >= 0.3 is 396 Å². The molecule has 0 spiro atoms. The van der Waals surface area contributed by atoms with E-state index in [1.165, 1.54) is 73.7 Å². The summed E-state index contributed by atoms with van der Waals surface area (Å²) in [6, 6.07) is 0. The van der Waals surface area contributed by atoms with Gasteiger partial charge in [-0.1, -0.05) is 0 Å². The Balaban J connectivity index is 4.54. The number of esters is 2. The van der Waals surface area contributed by atoms with Gasteiger partial charge in [-0.25, -0.2) is 0 Å². The third-order valence-electron chi connectivity index (χ3n) is 9.66. The molecule has 0 heterocycles. The summed E-state index contributed by atoms with van der Waals surface area (Å²) < 4.78 is 11.1. The Hall–Kier alpha value is -0.812. The van der Waals surface area contributed by atoms with Crippen molar-refractivity contribution in [1.82, 2.24) is 14.7 Å². The van der Waals surface area contributed by atoms with Crippen LogP contribution >= 0.6 is 0 Å². The standard InChI is InChI=1S/C48H89N3O7Se3/c1-5-8-11-14-17-20-41-59-44-38-55-47(53)26-33-50(32-25-36-52)30-23-28-49(4)29-24-31-51(35-37-57-58-40-46-61-43-22-19-16-13-10-7-3)34-27-48(54)56-39-45-60-42-21-18-15-12-9-6-2/h8-13,36H,5-7,14-35,37-46H2,1-4H3/b11-8-,12-9-,13-10-. The Morgan fingerprint density at radius 2 is 0.869 bits per heavy atom. The number of hydrogen-bond acceptors (Lipinski definition) is 10. The number of ether oxygens (including phenoxy) is 2. The zero-order chi connectivity index (χ0) is 44.5. The van der Waals surface area contributed by atoms with E-state index in [0.717, 1.165) is 80.5 Å². The van der Waals surface area contributed by atoms with Gasteiger partial charge in [0, 0.05) is 0 Å². The third-order valence-corrected chi connectivity index (χ3v) is 16.2. The molecule has 0 aliphatic carbocycles. The normalized spacial score (nSPS) is 12.0. The summed E-state index contributed by atoms with van der Waals surface area (Å²) in [5, 5.41) is 6.82. The van der Waals surface area contributed by atoms with Crippen molar-refractivity contribution in [2.75, 3.05) is 85.8 Å². The Labute approximate surface area is 393 Å². The van der Waals surface area contributed by atoms with E-state index in [0.29, 0.717) is 117 Å². The molecule has 0 amide bonds. The van der Waals surface area contributed by atoms with Gasteiger partial charge in [0.2, 0.25) is 0 Å². The van der Waals surface area contributed by atoms with Crippen LogP contribution in [0.5, 0.6) is 0 Å². The molecule has 0 aromatic heterocycles. The van der Waals surface area contributed by atoms with Crippen molar-refractivity contribution in [3.8, 4) is 0 Å². The molecule has 0 bridgehead atoms. The Bertz CT molecular complexity index is 1070. The first-order valence-electron chi connectivity index (χ1n) is 23.8. The topological polar surface area (TPSA) is 97.9 Å². The van der Waals surface area contributed by atoms with Crippen LogP contribution < -0.4 is 0 Å². The second kappa shape index (κ2) is 50.2. The number of nitrogens with zero attached hydrogens (tertiary/aromatic N) is 3. The van der Waals surface area contributed by atoms with Crippen LogP contribution in [0.25, 0.3) is 0 Å². The molecule has 0 aliphatic heterocycles. The van der Waals surface area contributed by atoms with Crippen LogP contribution in [0.3, 0.4) is 0 Å². The fourth-order valence-electron chi connectivity index (χ4n) is 6.15. The molecule has 0 radical (unpaired) electrons. The van der Waals surface area contributed by atoms with E-state index >= 15 is 0 Å². The Kier molecular flexibility index (Phi) is 49.5. The van der Waals surface area contributed by atoms with Crippen LogP contribution in [0, 0.1) is 0 Å². The van der Waals surface area contributed by atoms with Gasteiger partial charge in [-0.15, -0.1) is 0 Å². The number of aldehydes is 1. The van der Waals surface area contributed by atoms with Gasteiger partial charge in [-0.05, 0) is 0 Å². The Morgan fingerprint density at radius 1 is 0.443 bits per heavy atom. The van der Waals surface area contributed by atoms with Crippen LogP contribution in [-0.2, 0) is 33.6 Å². The molecule has 61 heavy (non-hydrogen) atoms. The molecule has 0 saturated carbocycles. The molecule has 0 N–H and O–H groups in total. The van der Waals surface area contributed by atoms with E-state index in [9.17, 15) is 14.4 Å². The minimum absolute atomic E-state index is 0.117.